The third kappa shape index (κ3) is 2.10. The summed E-state index contributed by atoms with van der Waals surface area (Å²) in [6.07, 6.45) is -1.74. The van der Waals surface area contributed by atoms with E-state index in [4.69, 9.17) is 5.73 Å². The van der Waals surface area contributed by atoms with Gasteiger partial charge in [-0.15, -0.1) is 0 Å². The first kappa shape index (κ1) is 8.87. The second-order valence-corrected chi connectivity index (χ2v) is 3.17. The molecule has 0 aromatic heterocycles. The Hall–Kier alpha value is -0.220. The van der Waals surface area contributed by atoms with Gasteiger partial charge < -0.3 is 4.90 Å². The monoisotopic (exact) mass is 163 g/mol. The highest BCUT2D eigenvalue weighted by molar-refractivity contribution is 4.82. The van der Waals surface area contributed by atoms with E-state index < -0.39 is 12.5 Å². The molecule has 65 valence electrons. The lowest BCUT2D eigenvalue weighted by molar-refractivity contribution is 0.0868. The molecule has 0 bridgehead atoms. The van der Waals surface area contributed by atoms with E-state index in [0.717, 1.165) is 13.0 Å². The zero-order chi connectivity index (χ0) is 8.43. The molecule has 2 unspecified atom stereocenters. The highest BCUT2D eigenvalue weighted by Crippen LogP contribution is 2.21. The van der Waals surface area contributed by atoms with E-state index in [9.17, 15) is 8.78 Å². The summed E-state index contributed by atoms with van der Waals surface area (Å²) >= 11 is 0. The van der Waals surface area contributed by atoms with Crippen LogP contribution in [0.2, 0.25) is 0 Å². The van der Waals surface area contributed by atoms with E-state index in [1.54, 1.807) is 0 Å². The Balaban J connectivity index is 2.36. The predicted octanol–water partition coefficient (Wildman–Crippen LogP) is 0.855. The Morgan fingerprint density at radius 3 is 2.55 bits per heavy atom. The Bertz CT molecular complexity index is 130. The third-order valence-corrected chi connectivity index (χ3v) is 2.21. The van der Waals surface area contributed by atoms with Crippen molar-refractivity contribution in [3.8, 4) is 0 Å². The van der Waals surface area contributed by atoms with E-state index in [0.29, 0.717) is 6.54 Å². The van der Waals surface area contributed by atoms with E-state index in [2.05, 4.69) is 0 Å². The van der Waals surface area contributed by atoms with Crippen molar-refractivity contribution in [2.24, 2.45) is 5.92 Å². The quantitative estimate of drug-likeness (QED) is 0.593. The minimum Gasteiger partial charge on any atom is -0.306 e. The fourth-order valence-electron chi connectivity index (χ4n) is 1.47. The number of alkyl halides is 2. The third-order valence-electron chi connectivity index (χ3n) is 2.21. The lowest BCUT2D eigenvalue weighted by atomic mass is 10.0. The van der Waals surface area contributed by atoms with Gasteiger partial charge in [0.1, 0.15) is 0 Å². The van der Waals surface area contributed by atoms with Gasteiger partial charge in [-0.25, -0.2) is 14.5 Å². The molecule has 0 amide bonds. The van der Waals surface area contributed by atoms with Crippen LogP contribution >= 0.6 is 0 Å². The van der Waals surface area contributed by atoms with E-state index in [1.807, 2.05) is 11.9 Å². The second-order valence-electron chi connectivity index (χ2n) is 3.17. The molecule has 1 aliphatic rings. The number of likely N-dealkylation sites (tertiary alicyclic amines) is 1. The van der Waals surface area contributed by atoms with Gasteiger partial charge in [0.15, 0.2) is 0 Å². The number of nitrogens with one attached hydrogen (secondary N) is 1. The van der Waals surface area contributed by atoms with Crippen LogP contribution in [0.4, 0.5) is 8.78 Å². The lowest BCUT2D eigenvalue weighted by Crippen LogP contribution is -2.31. The van der Waals surface area contributed by atoms with Gasteiger partial charge in [-0.1, -0.05) is 0 Å². The predicted molar refractivity (Wildman–Crippen MR) is 38.5 cm³/mol. The van der Waals surface area contributed by atoms with Crippen LogP contribution in [0.15, 0.2) is 0 Å². The first-order valence-electron chi connectivity index (χ1n) is 3.79. The Morgan fingerprint density at radius 1 is 1.55 bits per heavy atom. The van der Waals surface area contributed by atoms with Crippen molar-refractivity contribution in [2.75, 3.05) is 20.1 Å². The summed E-state index contributed by atoms with van der Waals surface area (Å²) in [5.74, 6) is -0.125. The van der Waals surface area contributed by atoms with Gasteiger partial charge in [0.2, 0.25) is 0 Å². The van der Waals surface area contributed by atoms with Crippen LogP contribution in [-0.4, -0.2) is 37.5 Å². The summed E-state index contributed by atoms with van der Waals surface area (Å²) in [5.41, 5.74) is 7.14. The molecule has 1 saturated heterocycles. The highest BCUT2D eigenvalue weighted by atomic mass is 19.3. The normalized spacial score (nSPS) is 29.7. The maximum absolute atomic E-state index is 12.0. The van der Waals surface area contributed by atoms with Crippen molar-refractivity contribution in [1.29, 1.82) is 0 Å². The van der Waals surface area contributed by atoms with Gasteiger partial charge in [-0.2, -0.15) is 0 Å². The number of halogens is 2. The fraction of sp³-hybridized carbons (Fsp3) is 1.00. The topological polar surface area (TPSA) is 27.0 Å². The number of hydrogen-bond donors (Lipinski definition) is 0. The molecule has 1 N–H and O–H groups in total. The van der Waals surface area contributed by atoms with Crippen molar-refractivity contribution in [2.45, 2.75) is 18.9 Å². The van der Waals surface area contributed by atoms with E-state index in [-0.39, 0.29) is 5.92 Å². The molecule has 1 radical (unpaired) electrons. The molecule has 1 rings (SSSR count). The zero-order valence-corrected chi connectivity index (χ0v) is 6.56. The van der Waals surface area contributed by atoms with Crippen LogP contribution in [0.25, 0.3) is 0 Å². The van der Waals surface area contributed by atoms with Crippen LogP contribution < -0.4 is 5.73 Å². The van der Waals surface area contributed by atoms with Crippen LogP contribution in [0, 0.1) is 5.92 Å². The molecule has 1 heterocycles. The van der Waals surface area contributed by atoms with Crippen molar-refractivity contribution < 1.29 is 8.78 Å². The fourth-order valence-corrected chi connectivity index (χ4v) is 1.47. The summed E-state index contributed by atoms with van der Waals surface area (Å²) in [6, 6.07) is -1.18. The van der Waals surface area contributed by atoms with Crippen LogP contribution in [0.1, 0.15) is 6.42 Å². The summed E-state index contributed by atoms with van der Waals surface area (Å²) in [6.45, 7) is 1.51. The maximum atomic E-state index is 12.0. The average molecular weight is 163 g/mol. The van der Waals surface area contributed by atoms with Gasteiger partial charge in [-0.05, 0) is 25.9 Å². The minimum atomic E-state index is -2.48. The zero-order valence-electron chi connectivity index (χ0n) is 6.56. The smallest absolute Gasteiger partial charge is 0.255 e. The molecule has 0 aromatic rings. The molecule has 2 atom stereocenters. The molecular formula is C7H13F2N2. The van der Waals surface area contributed by atoms with Gasteiger partial charge in [0.25, 0.3) is 6.43 Å². The van der Waals surface area contributed by atoms with Crippen LogP contribution in [-0.2, 0) is 0 Å². The van der Waals surface area contributed by atoms with Gasteiger partial charge >= 0.3 is 0 Å². The molecule has 0 aromatic carbocycles. The van der Waals surface area contributed by atoms with Crippen molar-refractivity contribution in [3.05, 3.63) is 0 Å². The van der Waals surface area contributed by atoms with E-state index in [1.165, 1.54) is 0 Å². The first-order chi connectivity index (χ1) is 5.11. The average Bonchev–Trinajstić information content (AvgIpc) is 2.34. The first-order valence-corrected chi connectivity index (χ1v) is 3.79. The maximum Gasteiger partial charge on any atom is 0.255 e. The molecule has 1 aliphatic heterocycles. The molecule has 2 nitrogen and oxygen atoms in total. The van der Waals surface area contributed by atoms with Crippen LogP contribution in [0.5, 0.6) is 0 Å². The molecular weight excluding hydrogens is 150 g/mol. The summed E-state index contributed by atoms with van der Waals surface area (Å²) < 4.78 is 24.0. The molecule has 1 fully saturated rings. The molecule has 4 heteroatoms. The second kappa shape index (κ2) is 3.45. The largest absolute Gasteiger partial charge is 0.306 e. The Labute approximate surface area is 65.4 Å². The number of hydrogen-bond acceptors (Lipinski definition) is 1. The molecule has 11 heavy (non-hydrogen) atoms. The van der Waals surface area contributed by atoms with Gasteiger partial charge in [0.05, 0.1) is 6.04 Å². The Kier molecular flexibility index (Phi) is 2.78. The molecule has 0 aliphatic carbocycles. The van der Waals surface area contributed by atoms with Gasteiger partial charge in [-0.3, -0.25) is 0 Å². The van der Waals surface area contributed by atoms with Gasteiger partial charge in [0, 0.05) is 6.54 Å². The van der Waals surface area contributed by atoms with Crippen LogP contribution in [0.3, 0.4) is 0 Å². The summed E-state index contributed by atoms with van der Waals surface area (Å²) in [7, 11) is 1.90. The van der Waals surface area contributed by atoms with Crippen molar-refractivity contribution in [1.82, 2.24) is 10.6 Å². The molecule has 0 spiro atoms. The number of nitrogens with zero attached hydrogens (tertiary/aromatic N) is 1. The summed E-state index contributed by atoms with van der Waals surface area (Å²) in [4.78, 5) is 1.99. The molecule has 0 saturated carbocycles. The Morgan fingerprint density at radius 2 is 2.18 bits per heavy atom. The van der Waals surface area contributed by atoms with Crippen molar-refractivity contribution >= 4 is 0 Å². The lowest BCUT2D eigenvalue weighted by Gasteiger charge is -2.16. The standard InChI is InChI=1S/C7H13F2N2/c1-11-3-2-5(4-11)6(10)7(8)9/h5-7,10H,2-4H2,1H3. The number of rotatable bonds is 2. The SMILES string of the molecule is CN1CCC(C([NH])C(F)F)C1. The minimum absolute atomic E-state index is 0.125. The summed E-state index contributed by atoms with van der Waals surface area (Å²) in [5, 5.41) is 0. The highest BCUT2D eigenvalue weighted by Gasteiger charge is 2.31. The van der Waals surface area contributed by atoms with E-state index >= 15 is 0 Å². The van der Waals surface area contributed by atoms with Crippen molar-refractivity contribution in [3.63, 3.8) is 0 Å².